The molecule has 2 unspecified atom stereocenters. The minimum Gasteiger partial charge on any atom is -0.454 e. The average molecular weight is 452 g/mol. The fourth-order valence-corrected chi connectivity index (χ4v) is 3.96. The maximum Gasteiger partial charge on any atom is 0.254 e. The number of nitrogens with two attached hydrogens (primary N) is 2. The van der Waals surface area contributed by atoms with Crippen molar-refractivity contribution >= 4 is 11.7 Å². The lowest BCUT2D eigenvalue weighted by Gasteiger charge is -2.34. The topological polar surface area (TPSA) is 123 Å². The SMILES string of the molecule is CC1CCC(n2nc(-c3ccc(Oc4ccc(F)cc4F)cc3)c(C(N)=O)c2N)CN1C#N. The van der Waals surface area contributed by atoms with Gasteiger partial charge in [0.25, 0.3) is 5.91 Å². The van der Waals surface area contributed by atoms with Gasteiger partial charge in [0.05, 0.1) is 12.6 Å². The van der Waals surface area contributed by atoms with Gasteiger partial charge in [-0.05, 0) is 56.2 Å². The maximum atomic E-state index is 13.9. The highest BCUT2D eigenvalue weighted by Gasteiger charge is 2.30. The van der Waals surface area contributed by atoms with Crippen molar-refractivity contribution in [1.29, 1.82) is 5.26 Å². The van der Waals surface area contributed by atoms with Crippen LogP contribution >= 0.6 is 0 Å². The number of nitriles is 1. The molecule has 1 aromatic heterocycles. The van der Waals surface area contributed by atoms with Crippen molar-refractivity contribution in [1.82, 2.24) is 14.7 Å². The Morgan fingerprint density at radius 1 is 1.21 bits per heavy atom. The molecule has 2 heterocycles. The number of carbonyl (C=O) groups is 1. The van der Waals surface area contributed by atoms with Crippen molar-refractivity contribution in [3.8, 4) is 28.9 Å². The van der Waals surface area contributed by atoms with Gasteiger partial charge in [0, 0.05) is 17.7 Å². The second kappa shape index (κ2) is 8.78. The monoisotopic (exact) mass is 452 g/mol. The van der Waals surface area contributed by atoms with Crippen LogP contribution in [0.1, 0.15) is 36.2 Å². The zero-order valence-electron chi connectivity index (χ0n) is 17.8. The van der Waals surface area contributed by atoms with Gasteiger partial charge in [0.15, 0.2) is 17.8 Å². The Morgan fingerprint density at radius 3 is 2.58 bits per heavy atom. The fraction of sp³-hybridized carbons (Fsp3) is 0.261. The number of carbonyl (C=O) groups excluding carboxylic acids is 1. The maximum absolute atomic E-state index is 13.9. The van der Waals surface area contributed by atoms with Crippen LogP contribution in [0.4, 0.5) is 14.6 Å². The van der Waals surface area contributed by atoms with E-state index in [2.05, 4.69) is 11.3 Å². The Balaban J connectivity index is 1.64. The van der Waals surface area contributed by atoms with E-state index < -0.39 is 17.5 Å². The number of aromatic nitrogens is 2. The first-order chi connectivity index (χ1) is 15.8. The third-order valence-corrected chi connectivity index (χ3v) is 5.77. The smallest absolute Gasteiger partial charge is 0.254 e. The number of amides is 1. The molecule has 10 heteroatoms. The quantitative estimate of drug-likeness (QED) is 0.568. The summed E-state index contributed by atoms with van der Waals surface area (Å²) in [6.07, 6.45) is 3.71. The van der Waals surface area contributed by atoms with E-state index in [1.54, 1.807) is 33.8 Å². The van der Waals surface area contributed by atoms with E-state index in [9.17, 15) is 18.8 Å². The predicted octanol–water partition coefficient (Wildman–Crippen LogP) is 3.81. The Bertz CT molecular complexity index is 1230. The molecule has 8 nitrogen and oxygen atoms in total. The first-order valence-electron chi connectivity index (χ1n) is 10.4. The van der Waals surface area contributed by atoms with Crippen LogP contribution in [0.15, 0.2) is 42.5 Å². The van der Waals surface area contributed by atoms with E-state index in [0.29, 0.717) is 23.6 Å². The van der Waals surface area contributed by atoms with Gasteiger partial charge in [0.2, 0.25) is 0 Å². The minimum absolute atomic E-state index is 0.0929. The number of benzene rings is 2. The number of primary amides is 1. The summed E-state index contributed by atoms with van der Waals surface area (Å²) in [4.78, 5) is 13.9. The van der Waals surface area contributed by atoms with Crippen molar-refractivity contribution in [3.05, 3.63) is 59.7 Å². The van der Waals surface area contributed by atoms with E-state index in [1.807, 2.05) is 6.92 Å². The summed E-state index contributed by atoms with van der Waals surface area (Å²) >= 11 is 0. The van der Waals surface area contributed by atoms with E-state index in [4.69, 9.17) is 16.2 Å². The predicted molar refractivity (Wildman–Crippen MR) is 117 cm³/mol. The van der Waals surface area contributed by atoms with Crippen molar-refractivity contribution in [2.75, 3.05) is 12.3 Å². The Hall–Kier alpha value is -4.13. The van der Waals surface area contributed by atoms with Gasteiger partial charge in [0.1, 0.15) is 28.6 Å². The molecule has 0 saturated carbocycles. The molecule has 1 aliphatic heterocycles. The number of nitrogen functional groups attached to an aromatic ring is 1. The van der Waals surface area contributed by atoms with E-state index in [1.165, 1.54) is 6.07 Å². The van der Waals surface area contributed by atoms with Gasteiger partial charge < -0.3 is 21.1 Å². The molecule has 1 fully saturated rings. The van der Waals surface area contributed by atoms with Crippen molar-refractivity contribution in [3.63, 3.8) is 0 Å². The lowest BCUT2D eigenvalue weighted by molar-refractivity contribution is 0.100. The first kappa shape index (κ1) is 22.1. The van der Waals surface area contributed by atoms with Crippen LogP contribution in [-0.2, 0) is 0 Å². The van der Waals surface area contributed by atoms with Crippen molar-refractivity contribution in [2.24, 2.45) is 5.73 Å². The number of likely N-dealkylation sites (tertiary alicyclic amines) is 1. The standard InChI is InChI=1S/C23H22F2N6O2/c1-13-2-6-16(11-30(13)12-26)31-22(27)20(23(28)32)21(29-31)14-3-7-17(8-4-14)33-19-9-5-15(24)10-18(19)25/h3-5,7-10,13,16H,2,6,11,27H2,1H3,(H2,28,32). The van der Waals surface area contributed by atoms with E-state index >= 15 is 0 Å². The summed E-state index contributed by atoms with van der Waals surface area (Å²) in [5.74, 6) is -1.91. The molecule has 0 radical (unpaired) electrons. The summed E-state index contributed by atoms with van der Waals surface area (Å²) in [5, 5.41) is 13.9. The second-order valence-corrected chi connectivity index (χ2v) is 7.95. The van der Waals surface area contributed by atoms with Gasteiger partial charge in [-0.15, -0.1) is 0 Å². The molecule has 2 aromatic carbocycles. The molecule has 0 bridgehead atoms. The number of nitrogens with zero attached hydrogens (tertiary/aromatic N) is 4. The molecule has 4 N–H and O–H groups in total. The number of anilines is 1. The molecular weight excluding hydrogens is 430 g/mol. The van der Waals surface area contributed by atoms with Crippen LogP contribution in [0, 0.1) is 23.1 Å². The highest BCUT2D eigenvalue weighted by molar-refractivity contribution is 6.03. The molecule has 170 valence electrons. The largest absolute Gasteiger partial charge is 0.454 e. The lowest BCUT2D eigenvalue weighted by atomic mass is 10.00. The van der Waals surface area contributed by atoms with Gasteiger partial charge in [-0.1, -0.05) is 0 Å². The Morgan fingerprint density at radius 2 is 1.94 bits per heavy atom. The highest BCUT2D eigenvalue weighted by Crippen LogP contribution is 2.34. The molecule has 2 atom stereocenters. The summed E-state index contributed by atoms with van der Waals surface area (Å²) < 4.78 is 34.0. The third kappa shape index (κ3) is 4.30. The highest BCUT2D eigenvalue weighted by atomic mass is 19.1. The van der Waals surface area contributed by atoms with Crippen LogP contribution in [0.3, 0.4) is 0 Å². The summed E-state index contributed by atoms with van der Waals surface area (Å²) in [6.45, 7) is 2.41. The average Bonchev–Trinajstić information content (AvgIpc) is 3.14. The number of hydrogen-bond acceptors (Lipinski definition) is 6. The fourth-order valence-electron chi connectivity index (χ4n) is 3.96. The number of hydrogen-bond donors (Lipinski definition) is 2. The van der Waals surface area contributed by atoms with Crippen molar-refractivity contribution < 1.29 is 18.3 Å². The van der Waals surface area contributed by atoms with Crippen LogP contribution < -0.4 is 16.2 Å². The Kier molecular flexibility index (Phi) is 5.87. The van der Waals surface area contributed by atoms with Crippen LogP contribution in [0.25, 0.3) is 11.3 Å². The molecule has 0 spiro atoms. The lowest BCUT2D eigenvalue weighted by Crippen LogP contribution is -2.39. The number of piperidine rings is 1. The molecule has 1 aliphatic rings. The third-order valence-electron chi connectivity index (χ3n) is 5.77. The zero-order valence-corrected chi connectivity index (χ0v) is 17.8. The van der Waals surface area contributed by atoms with E-state index in [0.717, 1.165) is 25.0 Å². The number of rotatable bonds is 5. The van der Waals surface area contributed by atoms with Gasteiger partial charge in [-0.25, -0.2) is 13.5 Å². The molecular formula is C23H22F2N6O2. The van der Waals surface area contributed by atoms with Gasteiger partial charge in [-0.3, -0.25) is 4.79 Å². The summed E-state index contributed by atoms with van der Waals surface area (Å²) in [7, 11) is 0. The molecule has 1 saturated heterocycles. The van der Waals surface area contributed by atoms with Gasteiger partial charge in [-0.2, -0.15) is 10.4 Å². The summed E-state index contributed by atoms with van der Waals surface area (Å²) in [5.41, 5.74) is 12.8. The molecule has 0 aliphatic carbocycles. The normalized spacial score (nSPS) is 18.1. The van der Waals surface area contributed by atoms with Crippen molar-refractivity contribution in [2.45, 2.75) is 31.8 Å². The van der Waals surface area contributed by atoms with E-state index in [-0.39, 0.29) is 29.2 Å². The number of ether oxygens (including phenoxy) is 1. The van der Waals surface area contributed by atoms with Crippen LogP contribution in [0.5, 0.6) is 11.5 Å². The second-order valence-electron chi connectivity index (χ2n) is 7.95. The molecule has 1 amide bonds. The zero-order chi connectivity index (χ0) is 23.7. The Labute approximate surface area is 189 Å². The van der Waals surface area contributed by atoms with Crippen LogP contribution in [-0.4, -0.2) is 33.2 Å². The molecule has 4 rings (SSSR count). The molecule has 33 heavy (non-hydrogen) atoms. The summed E-state index contributed by atoms with van der Waals surface area (Å²) in [6, 6.07) is 9.38. The molecule has 3 aromatic rings. The van der Waals surface area contributed by atoms with Gasteiger partial charge >= 0.3 is 0 Å². The minimum atomic E-state index is -0.824. The first-order valence-corrected chi connectivity index (χ1v) is 10.4. The number of halogens is 2. The van der Waals surface area contributed by atoms with Crippen LogP contribution in [0.2, 0.25) is 0 Å².